The maximum atomic E-state index is 11.6. The van der Waals surface area contributed by atoms with Crippen LogP contribution in [0.1, 0.15) is 11.3 Å². The molecule has 0 radical (unpaired) electrons. The Labute approximate surface area is 99.7 Å². The number of hydrogen-bond acceptors (Lipinski definition) is 3. The van der Waals surface area contributed by atoms with E-state index in [-0.39, 0.29) is 5.91 Å². The van der Waals surface area contributed by atoms with Crippen molar-refractivity contribution >= 4 is 5.91 Å². The average molecular weight is 230 g/mol. The molecule has 0 saturated heterocycles. The Balaban J connectivity index is 1.71. The van der Waals surface area contributed by atoms with Gasteiger partial charge in [0.1, 0.15) is 6.26 Å². The predicted octanol–water partition coefficient (Wildman–Crippen LogP) is 1.58. The molecule has 0 fully saturated rings. The lowest BCUT2D eigenvalue weighted by molar-refractivity contribution is -0.120. The van der Waals surface area contributed by atoms with E-state index in [0.29, 0.717) is 19.4 Å². The average Bonchev–Trinajstić information content (AvgIpc) is 2.83. The van der Waals surface area contributed by atoms with Crippen LogP contribution in [0.25, 0.3) is 0 Å². The lowest BCUT2D eigenvalue weighted by atomic mass is 10.1. The van der Waals surface area contributed by atoms with E-state index in [0.717, 1.165) is 11.3 Å². The third-order valence-electron chi connectivity index (χ3n) is 2.39. The molecule has 1 aromatic heterocycles. The van der Waals surface area contributed by atoms with Crippen molar-refractivity contribution in [3.63, 3.8) is 0 Å². The second kappa shape index (κ2) is 5.84. The monoisotopic (exact) mass is 230 g/mol. The molecule has 0 atom stereocenters. The van der Waals surface area contributed by atoms with Crippen molar-refractivity contribution in [3.05, 3.63) is 54.2 Å². The van der Waals surface area contributed by atoms with E-state index in [1.165, 1.54) is 6.39 Å². The minimum atomic E-state index is 0.0275. The van der Waals surface area contributed by atoms with Crippen molar-refractivity contribution in [3.8, 4) is 0 Å². The zero-order chi connectivity index (χ0) is 11.9. The van der Waals surface area contributed by atoms with E-state index in [4.69, 9.17) is 4.42 Å². The smallest absolute Gasteiger partial charge is 0.224 e. The molecule has 88 valence electrons. The number of hydrogen-bond donors (Lipinski definition) is 1. The lowest BCUT2D eigenvalue weighted by Crippen LogP contribution is -2.27. The summed E-state index contributed by atoms with van der Waals surface area (Å²) in [7, 11) is 0. The zero-order valence-electron chi connectivity index (χ0n) is 9.43. The quantitative estimate of drug-likeness (QED) is 0.848. The number of nitrogens with one attached hydrogen (secondary N) is 1. The Hall–Kier alpha value is -2.10. The molecule has 1 aromatic carbocycles. The zero-order valence-corrected chi connectivity index (χ0v) is 9.43. The van der Waals surface area contributed by atoms with Gasteiger partial charge in [-0.25, -0.2) is 4.98 Å². The third kappa shape index (κ3) is 3.75. The van der Waals surface area contributed by atoms with Gasteiger partial charge in [0.2, 0.25) is 5.91 Å². The van der Waals surface area contributed by atoms with Crippen LogP contribution in [0.2, 0.25) is 0 Å². The summed E-state index contributed by atoms with van der Waals surface area (Å²) in [6.07, 6.45) is 4.08. The predicted molar refractivity (Wildman–Crippen MR) is 63.4 cm³/mol. The van der Waals surface area contributed by atoms with Crippen molar-refractivity contribution < 1.29 is 9.21 Å². The highest BCUT2D eigenvalue weighted by molar-refractivity contribution is 5.78. The van der Waals surface area contributed by atoms with Crippen molar-refractivity contribution in [2.45, 2.75) is 12.8 Å². The number of nitrogens with zero attached hydrogens (tertiary/aromatic N) is 1. The molecular formula is C13H14N2O2. The molecule has 2 rings (SSSR count). The van der Waals surface area contributed by atoms with Gasteiger partial charge in [-0.3, -0.25) is 4.79 Å². The number of carbonyl (C=O) groups excluding carboxylic acids is 1. The molecule has 1 heterocycles. The molecule has 17 heavy (non-hydrogen) atoms. The summed E-state index contributed by atoms with van der Waals surface area (Å²) in [6, 6.07) is 9.68. The highest BCUT2D eigenvalue weighted by atomic mass is 16.3. The molecule has 1 N–H and O–H groups in total. The summed E-state index contributed by atoms with van der Waals surface area (Å²) in [4.78, 5) is 15.6. The molecule has 0 saturated carbocycles. The summed E-state index contributed by atoms with van der Waals surface area (Å²) in [5.41, 5.74) is 1.87. The van der Waals surface area contributed by atoms with Crippen LogP contribution < -0.4 is 5.32 Å². The van der Waals surface area contributed by atoms with Gasteiger partial charge in [-0.2, -0.15) is 0 Å². The number of amides is 1. The van der Waals surface area contributed by atoms with Gasteiger partial charge in [0.05, 0.1) is 12.1 Å². The van der Waals surface area contributed by atoms with Crippen LogP contribution in [-0.2, 0) is 17.6 Å². The van der Waals surface area contributed by atoms with Crippen molar-refractivity contribution in [1.82, 2.24) is 10.3 Å². The van der Waals surface area contributed by atoms with Crippen LogP contribution in [0, 0.1) is 0 Å². The van der Waals surface area contributed by atoms with E-state index < -0.39 is 0 Å². The molecular weight excluding hydrogens is 216 g/mol. The van der Waals surface area contributed by atoms with Crippen molar-refractivity contribution in [2.75, 3.05) is 6.54 Å². The van der Waals surface area contributed by atoms with Gasteiger partial charge in [-0.15, -0.1) is 0 Å². The second-order valence-electron chi connectivity index (χ2n) is 3.74. The number of aromatic nitrogens is 1. The van der Waals surface area contributed by atoms with Crippen LogP contribution in [0.3, 0.4) is 0 Å². The first-order valence-corrected chi connectivity index (χ1v) is 5.52. The van der Waals surface area contributed by atoms with Gasteiger partial charge in [0.15, 0.2) is 6.39 Å². The minimum Gasteiger partial charge on any atom is -0.451 e. The Morgan fingerprint density at radius 2 is 2.12 bits per heavy atom. The Morgan fingerprint density at radius 3 is 2.82 bits per heavy atom. The van der Waals surface area contributed by atoms with E-state index in [1.54, 1.807) is 6.26 Å². The highest BCUT2D eigenvalue weighted by Crippen LogP contribution is 1.99. The van der Waals surface area contributed by atoms with Gasteiger partial charge in [0.25, 0.3) is 0 Å². The molecule has 0 spiro atoms. The summed E-state index contributed by atoms with van der Waals surface area (Å²) in [5, 5.41) is 2.85. The molecule has 0 bridgehead atoms. The number of benzene rings is 1. The maximum Gasteiger partial charge on any atom is 0.224 e. The summed E-state index contributed by atoms with van der Waals surface area (Å²) in [6.45, 7) is 0.582. The first-order valence-electron chi connectivity index (χ1n) is 5.52. The van der Waals surface area contributed by atoms with Crippen LogP contribution in [0.5, 0.6) is 0 Å². The normalized spacial score (nSPS) is 10.1. The SMILES string of the molecule is O=C(Cc1ccccc1)NCCc1cocn1. The molecule has 4 nitrogen and oxygen atoms in total. The minimum absolute atomic E-state index is 0.0275. The molecule has 0 aliphatic rings. The third-order valence-corrected chi connectivity index (χ3v) is 2.39. The Bertz CT molecular complexity index is 452. The first kappa shape index (κ1) is 11.4. The van der Waals surface area contributed by atoms with Gasteiger partial charge in [-0.05, 0) is 5.56 Å². The second-order valence-corrected chi connectivity index (χ2v) is 3.74. The number of oxazole rings is 1. The lowest BCUT2D eigenvalue weighted by Gasteiger charge is -2.03. The fourth-order valence-corrected chi connectivity index (χ4v) is 1.53. The van der Waals surface area contributed by atoms with Crippen molar-refractivity contribution in [1.29, 1.82) is 0 Å². The molecule has 0 unspecified atom stereocenters. The van der Waals surface area contributed by atoms with E-state index in [2.05, 4.69) is 10.3 Å². The van der Waals surface area contributed by atoms with Crippen LogP contribution in [0.15, 0.2) is 47.4 Å². The van der Waals surface area contributed by atoms with Gasteiger partial charge in [-0.1, -0.05) is 30.3 Å². The number of rotatable bonds is 5. The summed E-state index contributed by atoms with van der Waals surface area (Å²) < 4.78 is 4.84. The highest BCUT2D eigenvalue weighted by Gasteiger charge is 2.02. The van der Waals surface area contributed by atoms with Crippen molar-refractivity contribution in [2.24, 2.45) is 0 Å². The standard InChI is InChI=1S/C13H14N2O2/c16-13(8-11-4-2-1-3-5-11)14-7-6-12-9-17-10-15-12/h1-5,9-10H,6-8H2,(H,14,16). The maximum absolute atomic E-state index is 11.6. The molecule has 2 aromatic rings. The summed E-state index contributed by atoms with van der Waals surface area (Å²) >= 11 is 0. The molecule has 0 aliphatic carbocycles. The van der Waals surface area contributed by atoms with E-state index in [9.17, 15) is 4.79 Å². The van der Waals surface area contributed by atoms with E-state index in [1.807, 2.05) is 30.3 Å². The molecule has 1 amide bonds. The van der Waals surface area contributed by atoms with Gasteiger partial charge in [0, 0.05) is 13.0 Å². The Morgan fingerprint density at radius 1 is 1.29 bits per heavy atom. The first-order chi connectivity index (χ1) is 8.34. The van der Waals surface area contributed by atoms with Crippen LogP contribution in [0.4, 0.5) is 0 Å². The largest absolute Gasteiger partial charge is 0.451 e. The molecule has 0 aliphatic heterocycles. The fourth-order valence-electron chi connectivity index (χ4n) is 1.53. The van der Waals surface area contributed by atoms with Crippen LogP contribution >= 0.6 is 0 Å². The van der Waals surface area contributed by atoms with Crippen LogP contribution in [-0.4, -0.2) is 17.4 Å². The topological polar surface area (TPSA) is 55.1 Å². The number of carbonyl (C=O) groups is 1. The summed E-state index contributed by atoms with van der Waals surface area (Å²) in [5.74, 6) is 0.0275. The fraction of sp³-hybridized carbons (Fsp3) is 0.231. The van der Waals surface area contributed by atoms with E-state index >= 15 is 0 Å². The Kier molecular flexibility index (Phi) is 3.91. The van der Waals surface area contributed by atoms with Gasteiger partial charge >= 0.3 is 0 Å². The molecule has 4 heteroatoms. The van der Waals surface area contributed by atoms with Gasteiger partial charge < -0.3 is 9.73 Å².